The summed E-state index contributed by atoms with van der Waals surface area (Å²) in [4.78, 5) is 14.4. The maximum atomic E-state index is 11.4. The molecule has 0 aromatic heterocycles. The Hall–Kier alpha value is -2.15. The number of diazo groups is 1. The van der Waals surface area contributed by atoms with Crippen molar-refractivity contribution in [3.05, 3.63) is 53.5 Å². The van der Waals surface area contributed by atoms with E-state index in [0.717, 1.165) is 5.56 Å². The van der Waals surface area contributed by atoms with Crippen molar-refractivity contribution in [1.82, 2.24) is 0 Å². The Morgan fingerprint density at radius 3 is 2.75 bits per heavy atom. The summed E-state index contributed by atoms with van der Waals surface area (Å²) in [6.45, 7) is 3.47. The summed E-state index contributed by atoms with van der Waals surface area (Å²) in [5, 5.41) is 8.49. The molecule has 0 amide bonds. The Balaban J connectivity index is 2.38. The van der Waals surface area contributed by atoms with Crippen molar-refractivity contribution in [3.8, 4) is 0 Å². The molecule has 0 radical (unpaired) electrons. The minimum Gasteiger partial charge on any atom is -0.456 e. The van der Waals surface area contributed by atoms with E-state index in [0.29, 0.717) is 0 Å². The van der Waals surface area contributed by atoms with Crippen molar-refractivity contribution >= 4 is 5.97 Å². The number of ether oxygens (including phenoxy) is 1. The van der Waals surface area contributed by atoms with Gasteiger partial charge in [0.15, 0.2) is 6.61 Å². The molecule has 0 saturated carbocycles. The minimum absolute atomic E-state index is 0.0195. The number of hydrogen-bond acceptors (Lipinski definition) is 3. The zero-order chi connectivity index (χ0) is 11.8. The largest absolute Gasteiger partial charge is 0.456 e. The number of esters is 1. The highest BCUT2D eigenvalue weighted by Crippen LogP contribution is 2.02. The molecule has 82 valence electrons. The highest BCUT2D eigenvalue weighted by molar-refractivity contribution is 5.72. The summed E-state index contributed by atoms with van der Waals surface area (Å²) < 4.78 is 4.93. The normalized spacial score (nSPS) is 11.2. The van der Waals surface area contributed by atoms with Crippen LogP contribution in [0.2, 0.25) is 0 Å². The molecule has 0 bridgehead atoms. The van der Waals surface area contributed by atoms with Crippen molar-refractivity contribution in [3.63, 3.8) is 0 Å². The topological polar surface area (TPSA) is 54.5 Å². The average Bonchev–Trinajstić information content (AvgIpc) is 2.31. The molecule has 0 aliphatic carbocycles. The minimum atomic E-state index is -0.556. The van der Waals surface area contributed by atoms with E-state index in [1.165, 1.54) is 6.08 Å². The van der Waals surface area contributed by atoms with Crippen molar-refractivity contribution in [2.75, 3.05) is 6.61 Å². The Morgan fingerprint density at radius 2 is 2.19 bits per heavy atom. The molecule has 4 nitrogen and oxygen atoms in total. The van der Waals surface area contributed by atoms with Gasteiger partial charge in [0, 0.05) is 6.08 Å². The SMILES string of the molecule is C=CC(COC(=O)Cc1ccccc1)[N+]#N. The summed E-state index contributed by atoms with van der Waals surface area (Å²) in [7, 11) is 0. The van der Waals surface area contributed by atoms with E-state index in [2.05, 4.69) is 11.6 Å². The van der Waals surface area contributed by atoms with Crippen LogP contribution in [0.3, 0.4) is 0 Å². The van der Waals surface area contributed by atoms with Crippen LogP contribution in [-0.2, 0) is 16.0 Å². The lowest BCUT2D eigenvalue weighted by atomic mass is 10.2. The number of benzene rings is 1. The van der Waals surface area contributed by atoms with Gasteiger partial charge < -0.3 is 4.74 Å². The van der Waals surface area contributed by atoms with Crippen molar-refractivity contribution in [2.45, 2.75) is 12.5 Å². The first-order valence-corrected chi connectivity index (χ1v) is 4.92. The van der Waals surface area contributed by atoms with Gasteiger partial charge in [-0.25, -0.2) is 0 Å². The molecule has 0 fully saturated rings. The van der Waals surface area contributed by atoms with Crippen molar-refractivity contribution in [2.24, 2.45) is 0 Å². The molecule has 1 aromatic carbocycles. The zero-order valence-electron chi connectivity index (χ0n) is 8.87. The summed E-state index contributed by atoms with van der Waals surface area (Å²) in [6, 6.07) is 8.74. The van der Waals surface area contributed by atoms with E-state index >= 15 is 0 Å². The summed E-state index contributed by atoms with van der Waals surface area (Å²) in [5.74, 6) is -0.346. The maximum Gasteiger partial charge on any atom is 0.365 e. The number of nitrogens with zero attached hydrogens (tertiary/aromatic N) is 2. The smallest absolute Gasteiger partial charge is 0.365 e. The van der Waals surface area contributed by atoms with Crippen LogP contribution in [0.4, 0.5) is 0 Å². The number of carbonyl (C=O) groups is 1. The second-order valence-corrected chi connectivity index (χ2v) is 3.26. The number of carbonyl (C=O) groups excluding carboxylic acids is 1. The first kappa shape index (κ1) is 11.9. The third-order valence-electron chi connectivity index (χ3n) is 2.03. The second-order valence-electron chi connectivity index (χ2n) is 3.26. The molecule has 0 N–H and O–H groups in total. The predicted octanol–water partition coefficient (Wildman–Crippen LogP) is 2.18. The molecule has 0 saturated heterocycles. The molecule has 0 aliphatic rings. The van der Waals surface area contributed by atoms with Crippen LogP contribution < -0.4 is 0 Å². The fourth-order valence-electron chi connectivity index (χ4n) is 1.14. The van der Waals surface area contributed by atoms with Gasteiger partial charge in [0.2, 0.25) is 5.39 Å². The molecule has 0 heterocycles. The number of hydrogen-bond donors (Lipinski definition) is 0. The Bertz CT molecular complexity index is 395. The molecule has 4 heteroatoms. The maximum absolute atomic E-state index is 11.4. The van der Waals surface area contributed by atoms with Gasteiger partial charge in [-0.05, 0) is 5.56 Å². The van der Waals surface area contributed by atoms with Crippen LogP contribution in [-0.4, -0.2) is 18.6 Å². The van der Waals surface area contributed by atoms with E-state index in [9.17, 15) is 4.79 Å². The Morgan fingerprint density at radius 1 is 1.50 bits per heavy atom. The molecule has 1 rings (SSSR count). The standard InChI is InChI=1S/C12H13N2O2/c1-2-11(14-13)9-16-12(15)8-10-6-4-3-5-7-10/h2-7,11H,1,8-9H2/q+1. The lowest BCUT2D eigenvalue weighted by Crippen LogP contribution is -2.15. The Kier molecular flexibility index (Phi) is 4.74. The molecule has 1 atom stereocenters. The highest BCUT2D eigenvalue weighted by Gasteiger charge is 2.17. The first-order chi connectivity index (χ1) is 7.76. The third-order valence-corrected chi connectivity index (χ3v) is 2.03. The van der Waals surface area contributed by atoms with Crippen LogP contribution in [0.1, 0.15) is 5.56 Å². The monoisotopic (exact) mass is 217 g/mol. The average molecular weight is 217 g/mol. The van der Waals surface area contributed by atoms with Gasteiger partial charge in [0.25, 0.3) is 0 Å². The number of rotatable bonds is 5. The molecule has 1 unspecified atom stereocenters. The molecule has 0 aliphatic heterocycles. The molecule has 1 aromatic rings. The van der Waals surface area contributed by atoms with Crippen LogP contribution in [0.5, 0.6) is 0 Å². The van der Waals surface area contributed by atoms with Gasteiger partial charge in [-0.2, -0.15) is 0 Å². The van der Waals surface area contributed by atoms with E-state index in [4.69, 9.17) is 10.1 Å². The predicted molar refractivity (Wildman–Crippen MR) is 60.2 cm³/mol. The van der Waals surface area contributed by atoms with Gasteiger partial charge in [0.05, 0.1) is 6.42 Å². The molecule has 0 spiro atoms. The summed E-state index contributed by atoms with van der Waals surface area (Å²) >= 11 is 0. The first-order valence-electron chi connectivity index (χ1n) is 4.92. The van der Waals surface area contributed by atoms with E-state index < -0.39 is 6.04 Å². The fourth-order valence-corrected chi connectivity index (χ4v) is 1.14. The van der Waals surface area contributed by atoms with Crippen LogP contribution >= 0.6 is 0 Å². The zero-order valence-corrected chi connectivity index (χ0v) is 8.87. The summed E-state index contributed by atoms with van der Waals surface area (Å²) in [5.41, 5.74) is 0.892. The van der Waals surface area contributed by atoms with Gasteiger partial charge in [-0.3, -0.25) is 4.79 Å². The lowest BCUT2D eigenvalue weighted by Gasteiger charge is -2.02. The van der Waals surface area contributed by atoms with Gasteiger partial charge in [-0.15, -0.1) is 0 Å². The second kappa shape index (κ2) is 6.36. The summed E-state index contributed by atoms with van der Waals surface area (Å²) in [6.07, 6.45) is 1.63. The van der Waals surface area contributed by atoms with Crippen molar-refractivity contribution in [1.29, 1.82) is 5.39 Å². The quantitative estimate of drug-likeness (QED) is 0.431. The van der Waals surface area contributed by atoms with Crippen LogP contribution in [0.15, 0.2) is 43.0 Å². The highest BCUT2D eigenvalue weighted by atomic mass is 16.5. The van der Waals surface area contributed by atoms with Gasteiger partial charge in [0.1, 0.15) is 4.98 Å². The van der Waals surface area contributed by atoms with Crippen LogP contribution in [0, 0.1) is 5.39 Å². The third kappa shape index (κ3) is 3.93. The van der Waals surface area contributed by atoms with Gasteiger partial charge >= 0.3 is 12.0 Å². The van der Waals surface area contributed by atoms with Crippen molar-refractivity contribution < 1.29 is 9.53 Å². The van der Waals surface area contributed by atoms with Gasteiger partial charge in [-0.1, -0.05) is 36.9 Å². The lowest BCUT2D eigenvalue weighted by molar-refractivity contribution is -0.142. The molecular weight excluding hydrogens is 204 g/mol. The van der Waals surface area contributed by atoms with E-state index in [-0.39, 0.29) is 19.0 Å². The fraction of sp³-hybridized carbons (Fsp3) is 0.250. The van der Waals surface area contributed by atoms with Crippen LogP contribution in [0.25, 0.3) is 4.98 Å². The Labute approximate surface area is 94.2 Å². The molecular formula is C12H13N2O2+. The molecule has 16 heavy (non-hydrogen) atoms. The van der Waals surface area contributed by atoms with E-state index in [1.54, 1.807) is 0 Å². The van der Waals surface area contributed by atoms with E-state index in [1.807, 2.05) is 30.3 Å².